The number of aromatic nitrogens is 2. The molecule has 2 aliphatic heterocycles. The van der Waals surface area contributed by atoms with Gasteiger partial charge in [0.1, 0.15) is 0 Å². The van der Waals surface area contributed by atoms with Crippen molar-refractivity contribution in [3.63, 3.8) is 0 Å². The van der Waals surface area contributed by atoms with Crippen molar-refractivity contribution in [2.45, 2.75) is 32.1 Å². The van der Waals surface area contributed by atoms with Gasteiger partial charge >= 0.3 is 0 Å². The molecule has 2 fully saturated rings. The number of piperidine rings is 1. The van der Waals surface area contributed by atoms with Crippen molar-refractivity contribution < 1.29 is 4.79 Å². The Balaban J connectivity index is 0.00000261. The molecule has 0 radical (unpaired) electrons. The Labute approximate surface area is 193 Å². The Morgan fingerprint density at radius 3 is 2.38 bits per heavy atom. The van der Waals surface area contributed by atoms with E-state index in [0.29, 0.717) is 6.42 Å². The lowest BCUT2D eigenvalue weighted by Crippen LogP contribution is -2.47. The highest BCUT2D eigenvalue weighted by molar-refractivity contribution is 5.86. The molecule has 1 aromatic heterocycles. The lowest BCUT2D eigenvalue weighted by atomic mass is 9.93. The summed E-state index contributed by atoms with van der Waals surface area (Å²) in [6.07, 6.45) is 8.75. The summed E-state index contributed by atoms with van der Waals surface area (Å²) in [5, 5.41) is 6.46. The average Bonchev–Trinajstić information content (AvgIpc) is 2.71. The number of hydrogen-bond acceptors (Lipinski definition) is 6. The summed E-state index contributed by atoms with van der Waals surface area (Å²) in [7, 11) is 0. The van der Waals surface area contributed by atoms with Gasteiger partial charge in [0.2, 0.25) is 11.9 Å². The third-order valence-corrected chi connectivity index (χ3v) is 5.42. The number of nitrogens with zero attached hydrogens (tertiary/aromatic N) is 4. The van der Waals surface area contributed by atoms with E-state index in [-0.39, 0.29) is 43.1 Å². The standard InChI is InChI=1S/C19H32N6O.3ClH/c26-18(4-3-17-5-10-20-11-6-17)21-9-2-12-24-13-15-25(16-14-24)19-22-7-1-8-23-19;;;/h1,7-8,17,20H,2-6,9-16H2,(H,21,26);3*1H. The molecule has 2 aliphatic rings. The van der Waals surface area contributed by atoms with Crippen LogP contribution in [-0.2, 0) is 4.79 Å². The topological polar surface area (TPSA) is 73.4 Å². The van der Waals surface area contributed by atoms with Crippen molar-refractivity contribution in [2.75, 3.05) is 57.3 Å². The molecule has 1 aromatic rings. The van der Waals surface area contributed by atoms with E-state index < -0.39 is 0 Å². The monoisotopic (exact) mass is 468 g/mol. The number of halogens is 3. The van der Waals surface area contributed by atoms with Gasteiger partial charge in [-0.15, -0.1) is 37.2 Å². The summed E-state index contributed by atoms with van der Waals surface area (Å²) in [6, 6.07) is 1.85. The highest BCUT2D eigenvalue weighted by Crippen LogP contribution is 2.17. The molecular weight excluding hydrogens is 435 g/mol. The fourth-order valence-electron chi connectivity index (χ4n) is 3.75. The van der Waals surface area contributed by atoms with Crippen LogP contribution in [0.15, 0.2) is 18.5 Å². The van der Waals surface area contributed by atoms with Gasteiger partial charge in [-0.1, -0.05) is 0 Å². The smallest absolute Gasteiger partial charge is 0.225 e. The van der Waals surface area contributed by atoms with Crippen molar-refractivity contribution in [3.8, 4) is 0 Å². The molecule has 3 rings (SSSR count). The number of amides is 1. The van der Waals surface area contributed by atoms with E-state index in [4.69, 9.17) is 0 Å². The molecule has 0 bridgehead atoms. The predicted molar refractivity (Wildman–Crippen MR) is 125 cm³/mol. The minimum atomic E-state index is 0. The molecule has 0 atom stereocenters. The fourth-order valence-corrected chi connectivity index (χ4v) is 3.75. The van der Waals surface area contributed by atoms with Crippen LogP contribution in [0.4, 0.5) is 5.95 Å². The second-order valence-corrected chi connectivity index (χ2v) is 7.31. The van der Waals surface area contributed by atoms with Crippen LogP contribution in [0.2, 0.25) is 0 Å². The molecule has 168 valence electrons. The van der Waals surface area contributed by atoms with E-state index in [0.717, 1.165) is 77.1 Å². The molecule has 2 saturated heterocycles. The lowest BCUT2D eigenvalue weighted by molar-refractivity contribution is -0.121. The van der Waals surface area contributed by atoms with Crippen LogP contribution in [-0.4, -0.2) is 73.1 Å². The van der Waals surface area contributed by atoms with E-state index in [1.165, 1.54) is 12.8 Å². The van der Waals surface area contributed by atoms with Gasteiger partial charge in [0.05, 0.1) is 0 Å². The quantitative estimate of drug-likeness (QED) is 0.568. The van der Waals surface area contributed by atoms with Gasteiger partial charge < -0.3 is 15.5 Å². The van der Waals surface area contributed by atoms with Gasteiger partial charge in [-0.2, -0.15) is 0 Å². The van der Waals surface area contributed by atoms with Gasteiger partial charge in [-0.05, 0) is 57.3 Å². The lowest BCUT2D eigenvalue weighted by Gasteiger charge is -2.34. The third kappa shape index (κ3) is 10.1. The van der Waals surface area contributed by atoms with Gasteiger partial charge in [0.25, 0.3) is 0 Å². The van der Waals surface area contributed by atoms with Crippen LogP contribution >= 0.6 is 37.2 Å². The molecule has 0 aromatic carbocycles. The van der Waals surface area contributed by atoms with E-state index in [1.807, 2.05) is 6.07 Å². The van der Waals surface area contributed by atoms with Crippen molar-refractivity contribution in [2.24, 2.45) is 5.92 Å². The SMILES string of the molecule is Cl.Cl.Cl.O=C(CCC1CCNCC1)NCCCN1CCN(c2ncccn2)CC1. The molecule has 7 nitrogen and oxygen atoms in total. The maximum atomic E-state index is 12.0. The molecule has 0 aliphatic carbocycles. The van der Waals surface area contributed by atoms with Gasteiger partial charge in [0.15, 0.2) is 0 Å². The van der Waals surface area contributed by atoms with Gasteiger partial charge in [0, 0.05) is 51.5 Å². The molecule has 0 unspecified atom stereocenters. The van der Waals surface area contributed by atoms with Crippen molar-refractivity contribution in [1.82, 2.24) is 25.5 Å². The molecular formula is C19H35Cl3N6O. The number of hydrogen-bond donors (Lipinski definition) is 2. The molecule has 3 heterocycles. The van der Waals surface area contributed by atoms with Crippen molar-refractivity contribution >= 4 is 49.1 Å². The number of piperazine rings is 1. The number of carbonyl (C=O) groups is 1. The first-order valence-corrected chi connectivity index (χ1v) is 10.0. The summed E-state index contributed by atoms with van der Waals surface area (Å²) in [5.41, 5.74) is 0. The Morgan fingerprint density at radius 2 is 1.72 bits per heavy atom. The number of nitrogens with one attached hydrogen (secondary N) is 2. The highest BCUT2D eigenvalue weighted by atomic mass is 35.5. The van der Waals surface area contributed by atoms with Crippen LogP contribution in [0.3, 0.4) is 0 Å². The van der Waals surface area contributed by atoms with Crippen LogP contribution < -0.4 is 15.5 Å². The second-order valence-electron chi connectivity index (χ2n) is 7.31. The molecule has 2 N–H and O–H groups in total. The third-order valence-electron chi connectivity index (χ3n) is 5.42. The van der Waals surface area contributed by atoms with Gasteiger partial charge in [-0.3, -0.25) is 9.69 Å². The summed E-state index contributed by atoms with van der Waals surface area (Å²) >= 11 is 0. The zero-order chi connectivity index (χ0) is 18.0. The molecule has 29 heavy (non-hydrogen) atoms. The van der Waals surface area contributed by atoms with Crippen molar-refractivity contribution in [1.29, 1.82) is 0 Å². The summed E-state index contributed by atoms with van der Waals surface area (Å²) in [6.45, 7) is 8.03. The summed E-state index contributed by atoms with van der Waals surface area (Å²) < 4.78 is 0. The first kappa shape index (κ1) is 28.1. The Bertz CT molecular complexity index is 540. The Morgan fingerprint density at radius 1 is 1.07 bits per heavy atom. The minimum Gasteiger partial charge on any atom is -0.356 e. The average molecular weight is 470 g/mol. The van der Waals surface area contributed by atoms with Crippen LogP contribution in [0.5, 0.6) is 0 Å². The van der Waals surface area contributed by atoms with E-state index in [9.17, 15) is 4.79 Å². The number of anilines is 1. The van der Waals surface area contributed by atoms with Crippen molar-refractivity contribution in [3.05, 3.63) is 18.5 Å². The molecule has 1 amide bonds. The maximum absolute atomic E-state index is 12.0. The highest BCUT2D eigenvalue weighted by Gasteiger charge is 2.18. The van der Waals surface area contributed by atoms with E-state index in [2.05, 4.69) is 30.4 Å². The summed E-state index contributed by atoms with van der Waals surface area (Å²) in [5.74, 6) is 1.77. The Hall–Kier alpha value is -0.860. The van der Waals surface area contributed by atoms with Crippen LogP contribution in [0.1, 0.15) is 32.1 Å². The van der Waals surface area contributed by atoms with E-state index >= 15 is 0 Å². The predicted octanol–water partition coefficient (Wildman–Crippen LogP) is 2.15. The Kier molecular flexibility index (Phi) is 15.4. The van der Waals surface area contributed by atoms with Crippen LogP contribution in [0, 0.1) is 5.92 Å². The minimum absolute atomic E-state index is 0. The maximum Gasteiger partial charge on any atom is 0.225 e. The second kappa shape index (κ2) is 15.9. The largest absolute Gasteiger partial charge is 0.356 e. The first-order valence-electron chi connectivity index (χ1n) is 10.0. The van der Waals surface area contributed by atoms with E-state index in [1.54, 1.807) is 12.4 Å². The molecule has 0 saturated carbocycles. The number of carbonyl (C=O) groups excluding carboxylic acids is 1. The fraction of sp³-hybridized carbons (Fsp3) is 0.737. The summed E-state index contributed by atoms with van der Waals surface area (Å²) in [4.78, 5) is 25.3. The number of rotatable bonds is 8. The zero-order valence-corrected chi connectivity index (χ0v) is 19.4. The zero-order valence-electron chi connectivity index (χ0n) is 16.9. The van der Waals surface area contributed by atoms with Crippen LogP contribution in [0.25, 0.3) is 0 Å². The first-order chi connectivity index (χ1) is 12.8. The van der Waals surface area contributed by atoms with Gasteiger partial charge in [-0.25, -0.2) is 9.97 Å². The normalized spacial score (nSPS) is 17.4. The molecule has 10 heteroatoms. The molecule has 0 spiro atoms.